The molecule has 0 aromatic heterocycles. The van der Waals surface area contributed by atoms with Crippen molar-refractivity contribution >= 4 is 23.4 Å². The maximum atomic E-state index is 12.6. The molecule has 1 saturated heterocycles. The highest BCUT2D eigenvalue weighted by Gasteiger charge is 2.23. The molecule has 154 valence electrons. The summed E-state index contributed by atoms with van der Waals surface area (Å²) in [5, 5.41) is 3.49. The minimum absolute atomic E-state index is 0.0269. The standard InChI is InChI=1S/C22H25ClN2O4/c1-15(26)25-11-9-18(10-12-25)29-21-13-16(7-8-20(21)28-2)22(27)24-14-17-5-3-4-6-19(17)23/h3-8,13,18H,9-12,14H2,1-2H3,(H,24,27). The van der Waals surface area contributed by atoms with Gasteiger partial charge < -0.3 is 19.7 Å². The first-order valence-corrected chi connectivity index (χ1v) is 9.97. The molecule has 2 aromatic carbocycles. The summed E-state index contributed by atoms with van der Waals surface area (Å²) >= 11 is 6.14. The van der Waals surface area contributed by atoms with E-state index in [1.54, 1.807) is 38.3 Å². The van der Waals surface area contributed by atoms with E-state index in [1.807, 2.05) is 23.1 Å². The van der Waals surface area contributed by atoms with Gasteiger partial charge in [0.15, 0.2) is 11.5 Å². The second-order valence-corrected chi connectivity index (χ2v) is 7.37. The number of methoxy groups -OCH3 is 1. The molecule has 0 aliphatic carbocycles. The molecule has 2 aromatic rings. The number of carbonyl (C=O) groups excluding carboxylic acids is 2. The SMILES string of the molecule is COc1ccc(C(=O)NCc2ccccc2Cl)cc1OC1CCN(C(C)=O)CC1. The summed E-state index contributed by atoms with van der Waals surface area (Å²) < 4.78 is 11.5. The number of piperidine rings is 1. The molecule has 7 heteroatoms. The van der Waals surface area contributed by atoms with Crippen LogP contribution in [0.4, 0.5) is 0 Å². The van der Waals surface area contributed by atoms with Crippen molar-refractivity contribution < 1.29 is 19.1 Å². The molecule has 1 N–H and O–H groups in total. The van der Waals surface area contributed by atoms with Gasteiger partial charge in [-0.25, -0.2) is 0 Å². The van der Waals surface area contributed by atoms with Gasteiger partial charge in [0.2, 0.25) is 5.91 Å². The van der Waals surface area contributed by atoms with E-state index in [0.29, 0.717) is 41.7 Å². The summed E-state index contributed by atoms with van der Waals surface area (Å²) in [5.41, 5.74) is 1.33. The molecular formula is C22H25ClN2O4. The third-order valence-electron chi connectivity index (χ3n) is 5.00. The molecule has 0 bridgehead atoms. The fourth-order valence-corrected chi connectivity index (χ4v) is 3.50. The van der Waals surface area contributed by atoms with E-state index in [2.05, 4.69) is 5.32 Å². The van der Waals surface area contributed by atoms with Gasteiger partial charge in [-0.15, -0.1) is 0 Å². The van der Waals surface area contributed by atoms with Gasteiger partial charge in [0.25, 0.3) is 5.91 Å². The Bertz CT molecular complexity index is 879. The zero-order valence-corrected chi connectivity index (χ0v) is 17.4. The number of rotatable bonds is 6. The predicted octanol–water partition coefficient (Wildman–Crippen LogP) is 3.67. The van der Waals surface area contributed by atoms with Gasteiger partial charge in [-0.1, -0.05) is 29.8 Å². The maximum absolute atomic E-state index is 12.6. The second-order valence-electron chi connectivity index (χ2n) is 6.96. The van der Waals surface area contributed by atoms with E-state index in [0.717, 1.165) is 18.4 Å². The number of ether oxygens (including phenoxy) is 2. The van der Waals surface area contributed by atoms with E-state index in [-0.39, 0.29) is 17.9 Å². The molecule has 0 saturated carbocycles. The lowest BCUT2D eigenvalue weighted by atomic mass is 10.1. The molecule has 0 atom stereocenters. The number of hydrogen-bond donors (Lipinski definition) is 1. The van der Waals surface area contributed by atoms with Crippen LogP contribution < -0.4 is 14.8 Å². The molecule has 0 unspecified atom stereocenters. The van der Waals surface area contributed by atoms with Crippen LogP contribution in [0.25, 0.3) is 0 Å². The fourth-order valence-electron chi connectivity index (χ4n) is 3.30. The summed E-state index contributed by atoms with van der Waals surface area (Å²) in [4.78, 5) is 25.9. The Morgan fingerprint density at radius 1 is 1.14 bits per heavy atom. The molecule has 3 rings (SSSR count). The Kier molecular flexibility index (Phi) is 6.99. The Morgan fingerprint density at radius 2 is 1.86 bits per heavy atom. The largest absolute Gasteiger partial charge is 0.493 e. The Balaban J connectivity index is 1.66. The molecule has 1 aliphatic heterocycles. The Labute approximate surface area is 175 Å². The van der Waals surface area contributed by atoms with Crippen LogP contribution in [0.5, 0.6) is 11.5 Å². The van der Waals surface area contributed by atoms with Crippen molar-refractivity contribution in [1.29, 1.82) is 0 Å². The summed E-state index contributed by atoms with van der Waals surface area (Å²) in [7, 11) is 1.57. The van der Waals surface area contributed by atoms with Crippen LogP contribution in [-0.2, 0) is 11.3 Å². The predicted molar refractivity (Wildman–Crippen MR) is 112 cm³/mol. The molecule has 1 fully saturated rings. The zero-order chi connectivity index (χ0) is 20.8. The topological polar surface area (TPSA) is 67.9 Å². The number of carbonyl (C=O) groups is 2. The highest BCUT2D eigenvalue weighted by atomic mass is 35.5. The summed E-state index contributed by atoms with van der Waals surface area (Å²) in [6.07, 6.45) is 1.46. The first-order chi connectivity index (χ1) is 14.0. The fraction of sp³-hybridized carbons (Fsp3) is 0.364. The molecule has 2 amide bonds. The molecule has 1 heterocycles. The van der Waals surface area contributed by atoms with Crippen LogP contribution in [0.15, 0.2) is 42.5 Å². The second kappa shape index (κ2) is 9.65. The van der Waals surface area contributed by atoms with E-state index >= 15 is 0 Å². The Morgan fingerprint density at radius 3 is 2.52 bits per heavy atom. The van der Waals surface area contributed by atoms with Crippen molar-refractivity contribution in [1.82, 2.24) is 10.2 Å². The third kappa shape index (κ3) is 5.41. The molecule has 29 heavy (non-hydrogen) atoms. The number of nitrogens with zero attached hydrogens (tertiary/aromatic N) is 1. The normalized spacial score (nSPS) is 14.4. The maximum Gasteiger partial charge on any atom is 0.251 e. The lowest BCUT2D eigenvalue weighted by molar-refractivity contribution is -0.130. The average Bonchev–Trinajstić information content (AvgIpc) is 2.73. The van der Waals surface area contributed by atoms with Crippen LogP contribution in [0.2, 0.25) is 5.02 Å². The van der Waals surface area contributed by atoms with Crippen LogP contribution in [0.1, 0.15) is 35.7 Å². The number of hydrogen-bond acceptors (Lipinski definition) is 4. The number of halogens is 1. The van der Waals surface area contributed by atoms with Gasteiger partial charge in [0, 0.05) is 50.0 Å². The highest BCUT2D eigenvalue weighted by Crippen LogP contribution is 2.31. The van der Waals surface area contributed by atoms with E-state index in [1.165, 1.54) is 0 Å². The number of nitrogens with one attached hydrogen (secondary N) is 1. The summed E-state index contributed by atoms with van der Waals surface area (Å²) in [6, 6.07) is 12.5. The van der Waals surface area contributed by atoms with Crippen LogP contribution in [0.3, 0.4) is 0 Å². The average molecular weight is 417 g/mol. The van der Waals surface area contributed by atoms with Gasteiger partial charge in [-0.2, -0.15) is 0 Å². The van der Waals surface area contributed by atoms with Crippen molar-refractivity contribution in [3.63, 3.8) is 0 Å². The molecule has 1 aliphatic rings. The van der Waals surface area contributed by atoms with Crippen molar-refractivity contribution in [2.45, 2.75) is 32.4 Å². The molecule has 0 spiro atoms. The van der Waals surface area contributed by atoms with Gasteiger partial charge in [-0.3, -0.25) is 9.59 Å². The number of amides is 2. The van der Waals surface area contributed by atoms with Crippen LogP contribution >= 0.6 is 11.6 Å². The van der Waals surface area contributed by atoms with Crippen molar-refractivity contribution in [2.75, 3.05) is 20.2 Å². The van der Waals surface area contributed by atoms with Crippen molar-refractivity contribution in [3.8, 4) is 11.5 Å². The molecule has 0 radical (unpaired) electrons. The smallest absolute Gasteiger partial charge is 0.251 e. The quantitative estimate of drug-likeness (QED) is 0.780. The van der Waals surface area contributed by atoms with E-state index < -0.39 is 0 Å². The minimum atomic E-state index is -0.219. The van der Waals surface area contributed by atoms with Crippen molar-refractivity contribution in [2.24, 2.45) is 0 Å². The monoisotopic (exact) mass is 416 g/mol. The molecule has 6 nitrogen and oxygen atoms in total. The highest BCUT2D eigenvalue weighted by molar-refractivity contribution is 6.31. The van der Waals surface area contributed by atoms with Crippen molar-refractivity contribution in [3.05, 3.63) is 58.6 Å². The minimum Gasteiger partial charge on any atom is -0.493 e. The zero-order valence-electron chi connectivity index (χ0n) is 16.6. The van der Waals surface area contributed by atoms with Crippen LogP contribution in [0, 0.1) is 0 Å². The Hall–Kier alpha value is -2.73. The first-order valence-electron chi connectivity index (χ1n) is 9.59. The first kappa shape index (κ1) is 21.0. The van der Waals surface area contributed by atoms with Gasteiger partial charge >= 0.3 is 0 Å². The van der Waals surface area contributed by atoms with Gasteiger partial charge in [-0.05, 0) is 29.8 Å². The van der Waals surface area contributed by atoms with Gasteiger partial charge in [0.05, 0.1) is 7.11 Å². The van der Waals surface area contributed by atoms with Gasteiger partial charge in [0.1, 0.15) is 6.10 Å². The van der Waals surface area contributed by atoms with E-state index in [9.17, 15) is 9.59 Å². The molecular weight excluding hydrogens is 392 g/mol. The summed E-state index contributed by atoms with van der Waals surface area (Å²) in [5.74, 6) is 0.961. The lowest BCUT2D eigenvalue weighted by Gasteiger charge is -2.31. The number of likely N-dealkylation sites (tertiary alicyclic amines) is 1. The number of benzene rings is 2. The van der Waals surface area contributed by atoms with E-state index in [4.69, 9.17) is 21.1 Å². The summed E-state index contributed by atoms with van der Waals surface area (Å²) in [6.45, 7) is 3.25. The third-order valence-corrected chi connectivity index (χ3v) is 5.37. The van der Waals surface area contributed by atoms with Crippen LogP contribution in [-0.4, -0.2) is 43.0 Å². The lowest BCUT2D eigenvalue weighted by Crippen LogP contribution is -2.40.